The molecule has 8 atom stereocenters. The van der Waals surface area contributed by atoms with Crippen molar-refractivity contribution in [2.75, 3.05) is 14.2 Å². The van der Waals surface area contributed by atoms with Crippen LogP contribution in [-0.4, -0.2) is 102 Å². The highest BCUT2D eigenvalue weighted by Crippen LogP contribution is 2.51. The van der Waals surface area contributed by atoms with Crippen LogP contribution in [0.3, 0.4) is 0 Å². The zero-order chi connectivity index (χ0) is 37.7. The van der Waals surface area contributed by atoms with E-state index in [-0.39, 0.29) is 36.0 Å². The van der Waals surface area contributed by atoms with Gasteiger partial charge >= 0.3 is 12.2 Å². The van der Waals surface area contributed by atoms with E-state index in [1.807, 2.05) is 34.1 Å². The highest BCUT2D eigenvalue weighted by atomic mass is 16.5. The molecule has 282 valence electrons. The zero-order valence-electron chi connectivity index (χ0n) is 30.6. The second-order valence-electron chi connectivity index (χ2n) is 14.8. The van der Waals surface area contributed by atoms with Crippen LogP contribution in [0.2, 0.25) is 0 Å². The number of likely N-dealkylation sites (tertiary alicyclic amines) is 2. The van der Waals surface area contributed by atoms with Gasteiger partial charge in [-0.1, -0.05) is 24.3 Å². The summed E-state index contributed by atoms with van der Waals surface area (Å²) in [5.41, 5.74) is 4.14. The molecule has 8 rings (SSSR count). The van der Waals surface area contributed by atoms with Crippen LogP contribution in [0.25, 0.3) is 33.9 Å². The number of alkyl carbamates (subject to hydrolysis) is 2. The van der Waals surface area contributed by atoms with Crippen molar-refractivity contribution in [1.29, 1.82) is 0 Å². The van der Waals surface area contributed by atoms with Gasteiger partial charge in [0.1, 0.15) is 23.7 Å². The molecule has 2 saturated heterocycles. The summed E-state index contributed by atoms with van der Waals surface area (Å²) in [5, 5.41) is 5.21. The van der Waals surface area contributed by atoms with Gasteiger partial charge in [-0.05, 0) is 69.8 Å². The molecule has 54 heavy (non-hydrogen) atoms. The number of nitrogens with zero attached hydrogens (tertiary/aromatic N) is 6. The minimum absolute atomic E-state index is 0.114. The third kappa shape index (κ3) is 6.32. The van der Waals surface area contributed by atoms with Gasteiger partial charge in [0.2, 0.25) is 11.8 Å². The topological polar surface area (TPSA) is 200 Å². The normalized spacial score (nSPS) is 25.0. The molecule has 2 aliphatic carbocycles. The van der Waals surface area contributed by atoms with Gasteiger partial charge in [-0.15, -0.1) is 0 Å². The Morgan fingerprint density at radius 1 is 0.648 bits per heavy atom. The summed E-state index contributed by atoms with van der Waals surface area (Å²) in [6, 6.07) is 6.32. The number of imidazole rings is 2. The predicted octanol–water partition coefficient (Wildman–Crippen LogP) is 4.52. The Morgan fingerprint density at radius 2 is 1.09 bits per heavy atom. The van der Waals surface area contributed by atoms with Gasteiger partial charge in [0.25, 0.3) is 0 Å². The number of ether oxygens (including phenoxy) is 2. The third-order valence-corrected chi connectivity index (χ3v) is 11.6. The maximum absolute atomic E-state index is 13.5. The second kappa shape index (κ2) is 14.2. The molecule has 4 aliphatic rings. The van der Waals surface area contributed by atoms with E-state index in [0.29, 0.717) is 23.5 Å². The zero-order valence-corrected chi connectivity index (χ0v) is 30.6. The van der Waals surface area contributed by atoms with Crippen molar-refractivity contribution in [3.63, 3.8) is 0 Å². The molecule has 16 heteroatoms. The number of methoxy groups -OCH3 is 2. The first-order chi connectivity index (χ1) is 26.1. The lowest BCUT2D eigenvalue weighted by molar-refractivity contribution is -0.138. The number of rotatable bonds is 9. The van der Waals surface area contributed by atoms with Crippen molar-refractivity contribution >= 4 is 24.0 Å². The summed E-state index contributed by atoms with van der Waals surface area (Å²) in [5.74, 6) is 2.33. The molecule has 1 aromatic carbocycles. The number of hydrogen-bond acceptors (Lipinski definition) is 10. The summed E-state index contributed by atoms with van der Waals surface area (Å²) in [4.78, 5) is 79.8. The molecule has 4 bridgehead atoms. The average Bonchev–Trinajstić information content (AvgIpc) is 4.06. The fourth-order valence-electron chi connectivity index (χ4n) is 9.04. The molecular formula is C38H44N10O6. The van der Waals surface area contributed by atoms with Crippen LogP contribution in [0.15, 0.2) is 49.1 Å². The van der Waals surface area contributed by atoms with Crippen LogP contribution >= 0.6 is 0 Å². The van der Waals surface area contributed by atoms with Crippen LogP contribution in [0.4, 0.5) is 9.59 Å². The van der Waals surface area contributed by atoms with E-state index in [9.17, 15) is 19.2 Å². The Balaban J connectivity index is 0.941. The number of aromatic amines is 2. The highest BCUT2D eigenvalue weighted by Gasteiger charge is 2.52. The monoisotopic (exact) mass is 736 g/mol. The van der Waals surface area contributed by atoms with Crippen molar-refractivity contribution in [3.05, 3.63) is 60.7 Å². The van der Waals surface area contributed by atoms with E-state index in [1.165, 1.54) is 14.2 Å². The van der Waals surface area contributed by atoms with Crippen molar-refractivity contribution in [3.8, 4) is 33.9 Å². The quantitative estimate of drug-likeness (QED) is 0.189. The number of fused-ring (bicyclic) bond motifs is 4. The Morgan fingerprint density at radius 3 is 1.56 bits per heavy atom. The molecule has 5 heterocycles. The molecule has 4 N–H and O–H groups in total. The fraction of sp³-hybridized carbons (Fsp3) is 0.474. The summed E-state index contributed by atoms with van der Waals surface area (Å²) < 4.78 is 9.39. The van der Waals surface area contributed by atoms with Crippen LogP contribution in [0.1, 0.15) is 76.1 Å². The van der Waals surface area contributed by atoms with Crippen molar-refractivity contribution in [2.24, 2.45) is 11.8 Å². The molecule has 2 saturated carbocycles. The first kappa shape index (κ1) is 35.2. The molecule has 4 amide bonds. The van der Waals surface area contributed by atoms with E-state index in [2.05, 4.69) is 35.6 Å². The fourth-order valence-corrected chi connectivity index (χ4v) is 9.04. The average molecular weight is 737 g/mol. The maximum atomic E-state index is 13.5. The lowest BCUT2D eigenvalue weighted by atomic mass is 9.97. The molecule has 3 aromatic heterocycles. The van der Waals surface area contributed by atoms with Crippen LogP contribution in [-0.2, 0) is 19.1 Å². The van der Waals surface area contributed by atoms with Crippen LogP contribution < -0.4 is 10.6 Å². The van der Waals surface area contributed by atoms with Crippen molar-refractivity contribution < 1.29 is 28.7 Å². The molecule has 0 unspecified atom stereocenters. The number of piperidine rings is 2. The van der Waals surface area contributed by atoms with Gasteiger partial charge in [0.15, 0.2) is 5.82 Å². The number of benzene rings is 1. The minimum Gasteiger partial charge on any atom is -0.453 e. The smallest absolute Gasteiger partial charge is 0.407 e. The molecule has 0 radical (unpaired) electrons. The Labute approximate surface area is 311 Å². The first-order valence-corrected chi connectivity index (χ1v) is 18.5. The number of amides is 4. The van der Waals surface area contributed by atoms with Gasteiger partial charge < -0.3 is 39.9 Å². The lowest BCUT2D eigenvalue weighted by Gasteiger charge is -2.36. The third-order valence-electron chi connectivity index (χ3n) is 11.6. The van der Waals surface area contributed by atoms with Gasteiger partial charge in [0, 0.05) is 35.6 Å². The van der Waals surface area contributed by atoms with Gasteiger partial charge in [0.05, 0.1) is 50.1 Å². The van der Waals surface area contributed by atoms with E-state index in [1.54, 1.807) is 38.6 Å². The van der Waals surface area contributed by atoms with E-state index in [0.717, 1.165) is 72.4 Å². The largest absolute Gasteiger partial charge is 0.453 e. The molecular weight excluding hydrogens is 692 g/mol. The highest BCUT2D eigenvalue weighted by molar-refractivity contribution is 5.87. The van der Waals surface area contributed by atoms with Gasteiger partial charge in [-0.2, -0.15) is 0 Å². The van der Waals surface area contributed by atoms with Crippen LogP contribution in [0.5, 0.6) is 0 Å². The number of H-pyrrole nitrogens is 2. The van der Waals surface area contributed by atoms with Gasteiger partial charge in [-0.3, -0.25) is 9.59 Å². The molecule has 4 aromatic rings. The van der Waals surface area contributed by atoms with E-state index in [4.69, 9.17) is 14.5 Å². The van der Waals surface area contributed by atoms with Crippen molar-refractivity contribution in [2.45, 2.75) is 88.6 Å². The van der Waals surface area contributed by atoms with Crippen molar-refractivity contribution in [1.82, 2.24) is 50.3 Å². The maximum Gasteiger partial charge on any atom is 0.407 e. The Hall–Kier alpha value is -5.80. The molecule has 2 aliphatic heterocycles. The summed E-state index contributed by atoms with van der Waals surface area (Å²) in [7, 11) is 2.56. The number of carbonyl (C=O) groups is 4. The van der Waals surface area contributed by atoms with E-state index >= 15 is 0 Å². The van der Waals surface area contributed by atoms with Gasteiger partial charge in [-0.25, -0.2) is 29.5 Å². The minimum atomic E-state index is -0.719. The molecule has 4 fully saturated rings. The Bertz CT molecular complexity index is 1900. The second-order valence-corrected chi connectivity index (χ2v) is 14.8. The number of nitrogens with one attached hydrogen (secondary N) is 4. The number of aromatic nitrogens is 6. The molecule has 16 nitrogen and oxygen atoms in total. The number of hydrogen-bond donors (Lipinski definition) is 4. The van der Waals surface area contributed by atoms with Crippen LogP contribution in [0, 0.1) is 11.8 Å². The first-order valence-electron chi connectivity index (χ1n) is 18.5. The van der Waals surface area contributed by atoms with E-state index < -0.39 is 24.3 Å². The standard InChI is InChI=1S/C38H44N10O6/c1-19(43-37(51)53-3)35(49)47-26-11-9-23(13-26)30(47)33-41-17-28(45-33)21-5-7-22(8-6-21)32-39-15-25(16-40-32)29-18-42-34(46-29)31-24-10-12-27(14-24)48(31)36(50)20(2)44-38(52)54-4/h5-8,15-20,23-24,26-27,30-31H,9-14H2,1-4H3,(H,41,45)(H,42,46)(H,43,51)(H,44,52)/t19-,20-,23+,24+,26+,27+,30-,31-/m0/s1. The summed E-state index contributed by atoms with van der Waals surface area (Å²) in [6.07, 6.45) is 11.5. The SMILES string of the molecule is COC(=O)N[C@@H](C)C(=O)N1[C@@H]2CC[C@H](C2)[C@H]1c1ncc(-c2ccc(-c3ncc(-c4cnc([C@@H]5[C@@H]6CC[C@H](C6)N5C(=O)[C@H](C)NC(=O)OC)[nH]4)cn3)cc2)[nH]1. The number of carbonyl (C=O) groups excluding carboxylic acids is 4. The lowest BCUT2D eigenvalue weighted by Crippen LogP contribution is -2.50. The summed E-state index contributed by atoms with van der Waals surface area (Å²) >= 11 is 0. The summed E-state index contributed by atoms with van der Waals surface area (Å²) in [6.45, 7) is 3.35. The predicted molar refractivity (Wildman–Crippen MR) is 194 cm³/mol. The Kier molecular flexibility index (Phi) is 9.27. The molecule has 0 spiro atoms.